The van der Waals surface area contributed by atoms with Gasteiger partial charge >= 0.3 is 0 Å². The van der Waals surface area contributed by atoms with Crippen LogP contribution < -0.4 is 0 Å². The predicted octanol–water partition coefficient (Wildman–Crippen LogP) is 5.48. The Hall–Kier alpha value is -0.240. The fraction of sp³-hybridized carbons (Fsp3) is 0.625. The number of halogens is 2. The summed E-state index contributed by atoms with van der Waals surface area (Å²) in [6, 6.07) is 9.07. The molecular weight excluding hydrogens is 277 g/mol. The molecule has 0 N–H and O–H groups in total. The summed E-state index contributed by atoms with van der Waals surface area (Å²) in [5, 5.41) is 0.839. The van der Waals surface area contributed by atoms with E-state index in [4.69, 9.17) is 11.6 Å². The Bertz CT molecular complexity index is 344. The van der Waals surface area contributed by atoms with Gasteiger partial charge in [0, 0.05) is 11.1 Å². The van der Waals surface area contributed by atoms with Gasteiger partial charge in [-0.3, -0.25) is 4.90 Å². The van der Waals surface area contributed by atoms with E-state index in [2.05, 4.69) is 24.0 Å². The molecule has 1 aliphatic rings. The molecule has 2 rings (SSSR count). The average Bonchev–Trinajstić information content (AvgIpc) is 2.42. The Morgan fingerprint density at radius 3 is 2.32 bits per heavy atom. The lowest BCUT2D eigenvalue weighted by Crippen LogP contribution is -2.33. The van der Waals surface area contributed by atoms with Crippen molar-refractivity contribution in [2.45, 2.75) is 51.5 Å². The van der Waals surface area contributed by atoms with Crippen molar-refractivity contribution in [3.8, 4) is 0 Å². The molecule has 0 saturated carbocycles. The van der Waals surface area contributed by atoms with Gasteiger partial charge in [0.2, 0.25) is 0 Å². The summed E-state index contributed by atoms with van der Waals surface area (Å²) in [4.78, 5) is 2.67. The first-order chi connectivity index (χ1) is 8.81. The molecule has 1 nitrogen and oxygen atoms in total. The van der Waals surface area contributed by atoms with Gasteiger partial charge in [-0.05, 0) is 50.0 Å². The monoisotopic (exact) mass is 301 g/mol. The van der Waals surface area contributed by atoms with Crippen molar-refractivity contribution in [1.82, 2.24) is 4.90 Å². The van der Waals surface area contributed by atoms with Crippen LogP contribution in [0.5, 0.6) is 0 Å². The first kappa shape index (κ1) is 16.8. The third-order valence-electron chi connectivity index (χ3n) is 3.92. The van der Waals surface area contributed by atoms with Crippen molar-refractivity contribution >= 4 is 24.0 Å². The highest BCUT2D eigenvalue weighted by Crippen LogP contribution is 2.29. The third kappa shape index (κ3) is 4.98. The van der Waals surface area contributed by atoms with Crippen LogP contribution >= 0.6 is 24.0 Å². The minimum atomic E-state index is 0. The number of nitrogens with zero attached hydrogens (tertiary/aromatic N) is 1. The van der Waals surface area contributed by atoms with E-state index in [9.17, 15) is 0 Å². The van der Waals surface area contributed by atoms with Crippen molar-refractivity contribution < 1.29 is 0 Å². The fourth-order valence-corrected chi connectivity index (χ4v) is 3.00. The maximum atomic E-state index is 5.99. The number of likely N-dealkylation sites (tertiary alicyclic amines) is 1. The molecule has 1 fully saturated rings. The Labute approximate surface area is 128 Å². The van der Waals surface area contributed by atoms with Gasteiger partial charge in [-0.1, -0.05) is 49.9 Å². The maximum absolute atomic E-state index is 5.99. The molecular formula is C16H25Cl2N. The predicted molar refractivity (Wildman–Crippen MR) is 86.4 cm³/mol. The SMILES string of the molecule is CCCCC(c1ccc(Cl)cc1)N1CCCCC1.Cl. The van der Waals surface area contributed by atoms with E-state index < -0.39 is 0 Å². The van der Waals surface area contributed by atoms with Crippen molar-refractivity contribution in [3.63, 3.8) is 0 Å². The summed E-state index contributed by atoms with van der Waals surface area (Å²) >= 11 is 5.99. The molecule has 3 heteroatoms. The normalized spacial score (nSPS) is 17.8. The highest BCUT2D eigenvalue weighted by Gasteiger charge is 2.21. The molecule has 1 aromatic carbocycles. The molecule has 1 saturated heterocycles. The fourth-order valence-electron chi connectivity index (χ4n) is 2.87. The van der Waals surface area contributed by atoms with Gasteiger partial charge in [-0.2, -0.15) is 0 Å². The summed E-state index contributed by atoms with van der Waals surface area (Å²) in [5.74, 6) is 0. The quantitative estimate of drug-likeness (QED) is 0.696. The van der Waals surface area contributed by atoms with Crippen LogP contribution in [0.3, 0.4) is 0 Å². The van der Waals surface area contributed by atoms with Gasteiger partial charge in [-0.25, -0.2) is 0 Å². The Balaban J connectivity index is 0.00000180. The van der Waals surface area contributed by atoms with E-state index in [-0.39, 0.29) is 12.4 Å². The molecule has 19 heavy (non-hydrogen) atoms. The van der Waals surface area contributed by atoms with E-state index in [1.54, 1.807) is 0 Å². The summed E-state index contributed by atoms with van der Waals surface area (Å²) in [6.07, 6.45) is 7.98. The Morgan fingerprint density at radius 1 is 1.11 bits per heavy atom. The number of hydrogen-bond acceptors (Lipinski definition) is 1. The number of benzene rings is 1. The lowest BCUT2D eigenvalue weighted by atomic mass is 9.97. The minimum absolute atomic E-state index is 0. The summed E-state index contributed by atoms with van der Waals surface area (Å²) in [6.45, 7) is 4.79. The molecule has 0 amide bonds. The molecule has 0 spiro atoms. The molecule has 0 aromatic heterocycles. The second kappa shape index (κ2) is 8.84. The van der Waals surface area contributed by atoms with Crippen LogP contribution in [-0.4, -0.2) is 18.0 Å². The Morgan fingerprint density at radius 2 is 1.74 bits per heavy atom. The maximum Gasteiger partial charge on any atom is 0.0406 e. The summed E-state index contributed by atoms with van der Waals surface area (Å²) in [5.41, 5.74) is 1.44. The van der Waals surface area contributed by atoms with Gasteiger partial charge < -0.3 is 0 Å². The zero-order chi connectivity index (χ0) is 12.8. The van der Waals surface area contributed by atoms with Crippen molar-refractivity contribution in [2.75, 3.05) is 13.1 Å². The first-order valence-corrected chi connectivity index (χ1v) is 7.68. The molecule has 0 radical (unpaired) electrons. The molecule has 1 heterocycles. The van der Waals surface area contributed by atoms with Crippen LogP contribution in [0.2, 0.25) is 5.02 Å². The molecule has 1 aromatic rings. The van der Waals surface area contributed by atoms with Crippen molar-refractivity contribution in [3.05, 3.63) is 34.9 Å². The molecule has 108 valence electrons. The lowest BCUT2D eigenvalue weighted by molar-refractivity contribution is 0.153. The van der Waals surface area contributed by atoms with Gasteiger partial charge in [0.05, 0.1) is 0 Å². The molecule has 1 atom stereocenters. The highest BCUT2D eigenvalue weighted by atomic mass is 35.5. The van der Waals surface area contributed by atoms with Crippen LogP contribution in [0.1, 0.15) is 57.1 Å². The number of rotatable bonds is 5. The summed E-state index contributed by atoms with van der Waals surface area (Å²) in [7, 11) is 0. The van der Waals surface area contributed by atoms with Gasteiger partial charge in [0.1, 0.15) is 0 Å². The van der Waals surface area contributed by atoms with Gasteiger partial charge in [0.25, 0.3) is 0 Å². The van der Waals surface area contributed by atoms with Crippen LogP contribution in [-0.2, 0) is 0 Å². The van der Waals surface area contributed by atoms with Gasteiger partial charge in [0.15, 0.2) is 0 Å². The first-order valence-electron chi connectivity index (χ1n) is 7.31. The minimum Gasteiger partial charge on any atom is -0.296 e. The Kier molecular flexibility index (Phi) is 7.82. The van der Waals surface area contributed by atoms with Crippen molar-refractivity contribution in [2.24, 2.45) is 0 Å². The van der Waals surface area contributed by atoms with E-state index in [1.165, 1.54) is 57.2 Å². The van der Waals surface area contributed by atoms with Crippen LogP contribution in [0.4, 0.5) is 0 Å². The van der Waals surface area contributed by atoms with E-state index >= 15 is 0 Å². The highest BCUT2D eigenvalue weighted by molar-refractivity contribution is 6.30. The zero-order valence-corrected chi connectivity index (χ0v) is 13.3. The van der Waals surface area contributed by atoms with Crippen LogP contribution in [0.25, 0.3) is 0 Å². The lowest BCUT2D eigenvalue weighted by Gasteiger charge is -2.35. The van der Waals surface area contributed by atoms with E-state index in [1.807, 2.05) is 12.1 Å². The summed E-state index contributed by atoms with van der Waals surface area (Å²) < 4.78 is 0. The number of hydrogen-bond donors (Lipinski definition) is 0. The van der Waals surface area contributed by atoms with E-state index in [0.717, 1.165) is 5.02 Å². The largest absolute Gasteiger partial charge is 0.296 e. The van der Waals surface area contributed by atoms with Crippen LogP contribution in [0.15, 0.2) is 24.3 Å². The third-order valence-corrected chi connectivity index (χ3v) is 4.17. The average molecular weight is 302 g/mol. The van der Waals surface area contributed by atoms with Crippen molar-refractivity contribution in [1.29, 1.82) is 0 Å². The van der Waals surface area contributed by atoms with Gasteiger partial charge in [-0.15, -0.1) is 12.4 Å². The number of unbranched alkanes of at least 4 members (excludes halogenated alkanes) is 1. The topological polar surface area (TPSA) is 3.24 Å². The smallest absolute Gasteiger partial charge is 0.0406 e. The zero-order valence-electron chi connectivity index (χ0n) is 11.8. The van der Waals surface area contributed by atoms with E-state index in [0.29, 0.717) is 6.04 Å². The molecule has 0 aliphatic carbocycles. The van der Waals surface area contributed by atoms with Crippen LogP contribution in [0, 0.1) is 0 Å². The second-order valence-corrected chi connectivity index (χ2v) is 5.74. The molecule has 1 aliphatic heterocycles. The second-order valence-electron chi connectivity index (χ2n) is 5.31. The number of piperidine rings is 1. The standard InChI is InChI=1S/C16H24ClN.ClH/c1-2-3-7-16(18-12-5-4-6-13-18)14-8-10-15(17)11-9-14;/h8-11,16H,2-7,12-13H2,1H3;1H. The molecule has 0 bridgehead atoms. The molecule has 1 unspecified atom stereocenters.